The van der Waals surface area contributed by atoms with Crippen LogP contribution in [0.3, 0.4) is 0 Å². The van der Waals surface area contributed by atoms with E-state index in [4.69, 9.17) is 0 Å². The molecule has 0 aromatic carbocycles. The van der Waals surface area contributed by atoms with Crippen LogP contribution < -0.4 is 0 Å². The average molecular weight is 327 g/mol. The molecule has 2 heterocycles. The minimum atomic E-state index is -3.35. The molecule has 0 N–H and O–H groups in total. The molecule has 1 aliphatic heterocycles. The van der Waals surface area contributed by atoms with Crippen molar-refractivity contribution in [1.29, 1.82) is 0 Å². The van der Waals surface area contributed by atoms with Gasteiger partial charge in [0.2, 0.25) is 5.91 Å². The van der Waals surface area contributed by atoms with Crippen LogP contribution in [0.25, 0.3) is 0 Å². The van der Waals surface area contributed by atoms with E-state index in [0.29, 0.717) is 13.1 Å². The predicted octanol–water partition coefficient (Wildman–Crippen LogP) is 1.40. The van der Waals surface area contributed by atoms with Gasteiger partial charge in [0, 0.05) is 12.7 Å². The van der Waals surface area contributed by atoms with Crippen molar-refractivity contribution < 1.29 is 13.2 Å². The normalized spacial score (nSPS) is 19.6. The van der Waals surface area contributed by atoms with E-state index < -0.39 is 15.1 Å². The van der Waals surface area contributed by atoms with Gasteiger partial charge in [0.25, 0.3) is 0 Å². The lowest BCUT2D eigenvalue weighted by atomic mass is 10.0. The number of aryl methyl sites for hydroxylation is 1. The van der Waals surface area contributed by atoms with Crippen molar-refractivity contribution in [3.8, 4) is 0 Å². The Labute approximate surface area is 132 Å². The van der Waals surface area contributed by atoms with Crippen molar-refractivity contribution in [2.24, 2.45) is 0 Å². The summed E-state index contributed by atoms with van der Waals surface area (Å²) in [6.07, 6.45) is 6.63. The molecular weight excluding hydrogens is 302 g/mol. The maximum Gasteiger partial charge on any atom is 0.238 e. The van der Waals surface area contributed by atoms with Gasteiger partial charge in [-0.25, -0.2) is 8.42 Å². The molecule has 6 nitrogen and oxygen atoms in total. The minimum absolute atomic E-state index is 0.0305. The summed E-state index contributed by atoms with van der Waals surface area (Å²) in [7, 11) is -3.35. The quantitative estimate of drug-likeness (QED) is 0.819. The molecule has 1 fully saturated rings. The highest BCUT2D eigenvalue weighted by atomic mass is 32.2. The lowest BCUT2D eigenvalue weighted by Gasteiger charge is -2.35. The highest BCUT2D eigenvalue weighted by Crippen LogP contribution is 2.19. The summed E-state index contributed by atoms with van der Waals surface area (Å²) in [5, 5.41) is 3.75. The van der Waals surface area contributed by atoms with Crippen LogP contribution in [0.2, 0.25) is 0 Å². The van der Waals surface area contributed by atoms with Crippen LogP contribution in [0.4, 0.5) is 0 Å². The van der Waals surface area contributed by atoms with Gasteiger partial charge >= 0.3 is 0 Å². The predicted molar refractivity (Wildman–Crippen MR) is 85.2 cm³/mol. The fourth-order valence-corrected chi connectivity index (χ4v) is 3.57. The molecule has 1 aromatic heterocycles. The second kappa shape index (κ2) is 6.81. The number of sulfone groups is 1. The number of piperidine rings is 1. The molecule has 0 aliphatic carbocycles. The van der Waals surface area contributed by atoms with Crippen LogP contribution in [0.15, 0.2) is 12.4 Å². The topological polar surface area (TPSA) is 72.3 Å². The lowest BCUT2D eigenvalue weighted by molar-refractivity contribution is -0.132. The van der Waals surface area contributed by atoms with E-state index in [-0.39, 0.29) is 17.7 Å². The molecule has 2 rings (SSSR count). The molecule has 124 valence electrons. The summed E-state index contributed by atoms with van der Waals surface area (Å²) in [6, 6.07) is 0.0305. The Balaban J connectivity index is 2.07. The number of nitrogens with zero attached hydrogens (tertiary/aromatic N) is 3. The molecule has 0 radical (unpaired) electrons. The molecular formula is C15H25N3O3S. The second-order valence-electron chi connectivity index (χ2n) is 6.33. The van der Waals surface area contributed by atoms with E-state index in [2.05, 4.69) is 5.10 Å². The highest BCUT2D eigenvalue weighted by molar-refractivity contribution is 7.92. The molecule has 1 aromatic rings. The van der Waals surface area contributed by atoms with Crippen LogP contribution in [0.1, 0.15) is 38.7 Å². The number of rotatable bonds is 5. The number of carbonyl (C=O) groups excluding carboxylic acids is 1. The summed E-state index contributed by atoms with van der Waals surface area (Å²) in [5.41, 5.74) is 1.08. The fourth-order valence-electron chi connectivity index (χ4n) is 2.72. The summed E-state index contributed by atoms with van der Waals surface area (Å²) < 4.78 is 25.8. The zero-order valence-corrected chi connectivity index (χ0v) is 14.3. The van der Waals surface area contributed by atoms with Crippen LogP contribution >= 0.6 is 0 Å². The maximum atomic E-state index is 12.4. The number of amides is 1. The van der Waals surface area contributed by atoms with Crippen LogP contribution in [0.5, 0.6) is 0 Å². The third-order valence-electron chi connectivity index (χ3n) is 4.15. The van der Waals surface area contributed by atoms with Gasteiger partial charge in [-0.15, -0.1) is 0 Å². The van der Waals surface area contributed by atoms with E-state index in [0.717, 1.165) is 24.8 Å². The van der Waals surface area contributed by atoms with Gasteiger partial charge in [0.1, 0.15) is 5.75 Å². The number of likely N-dealkylation sites (tertiary alicyclic amines) is 1. The average Bonchev–Trinajstić information content (AvgIpc) is 2.84. The lowest BCUT2D eigenvalue weighted by Crippen LogP contribution is -2.48. The van der Waals surface area contributed by atoms with Gasteiger partial charge in [-0.3, -0.25) is 9.48 Å². The minimum Gasteiger partial charge on any atom is -0.337 e. The monoisotopic (exact) mass is 327 g/mol. The van der Waals surface area contributed by atoms with Gasteiger partial charge in [-0.2, -0.15) is 5.10 Å². The Morgan fingerprint density at radius 3 is 2.73 bits per heavy atom. The van der Waals surface area contributed by atoms with Crippen molar-refractivity contribution in [2.75, 3.05) is 12.3 Å². The van der Waals surface area contributed by atoms with Crippen LogP contribution in [0, 0.1) is 6.92 Å². The SMILES string of the molecule is Cc1cnn(C[C@@H]2CCCCN2C(=O)CS(=O)(=O)C(C)C)c1. The Morgan fingerprint density at radius 2 is 2.14 bits per heavy atom. The van der Waals surface area contributed by atoms with E-state index in [1.807, 2.05) is 17.8 Å². The Kier molecular flexibility index (Phi) is 5.26. The van der Waals surface area contributed by atoms with Crippen molar-refractivity contribution in [3.05, 3.63) is 18.0 Å². The molecule has 0 saturated carbocycles. The first-order chi connectivity index (χ1) is 10.3. The number of aromatic nitrogens is 2. The number of hydrogen-bond acceptors (Lipinski definition) is 4. The molecule has 0 spiro atoms. The molecule has 1 atom stereocenters. The maximum absolute atomic E-state index is 12.4. The first-order valence-electron chi connectivity index (χ1n) is 7.79. The Hall–Kier alpha value is -1.37. The van der Waals surface area contributed by atoms with Crippen LogP contribution in [-0.4, -0.2) is 52.6 Å². The third-order valence-corrected chi connectivity index (χ3v) is 6.24. The Bertz CT molecular complexity index is 622. The first kappa shape index (κ1) is 17.0. The summed E-state index contributed by atoms with van der Waals surface area (Å²) in [6.45, 7) is 6.47. The summed E-state index contributed by atoms with van der Waals surface area (Å²) in [5.74, 6) is -0.665. The van der Waals surface area contributed by atoms with Gasteiger partial charge in [0.05, 0.1) is 24.0 Å². The standard InChI is InChI=1S/C15H25N3O3S/c1-12(2)22(20,21)11-15(19)18-7-5-4-6-14(18)10-17-9-13(3)8-16-17/h8-9,12,14H,4-7,10-11H2,1-3H3/t14-/m0/s1. The van der Waals surface area contributed by atoms with Gasteiger partial charge in [0.15, 0.2) is 9.84 Å². The second-order valence-corrected chi connectivity index (χ2v) is 8.89. The summed E-state index contributed by atoms with van der Waals surface area (Å²) >= 11 is 0. The van der Waals surface area contributed by atoms with Gasteiger partial charge < -0.3 is 4.90 Å². The van der Waals surface area contributed by atoms with E-state index in [1.54, 1.807) is 24.9 Å². The third kappa shape index (κ3) is 4.09. The van der Waals surface area contributed by atoms with Crippen LogP contribution in [-0.2, 0) is 21.2 Å². The van der Waals surface area contributed by atoms with E-state index >= 15 is 0 Å². The van der Waals surface area contributed by atoms with Gasteiger partial charge in [-0.05, 0) is 45.6 Å². The van der Waals surface area contributed by atoms with Crippen molar-refractivity contribution in [2.45, 2.75) is 57.9 Å². The molecule has 0 bridgehead atoms. The molecule has 22 heavy (non-hydrogen) atoms. The van der Waals surface area contributed by atoms with Gasteiger partial charge in [-0.1, -0.05) is 0 Å². The molecule has 1 amide bonds. The smallest absolute Gasteiger partial charge is 0.238 e. The Morgan fingerprint density at radius 1 is 1.41 bits per heavy atom. The fraction of sp³-hybridized carbons (Fsp3) is 0.733. The molecule has 1 aliphatic rings. The van der Waals surface area contributed by atoms with Crippen molar-refractivity contribution in [3.63, 3.8) is 0 Å². The highest BCUT2D eigenvalue weighted by Gasteiger charge is 2.31. The molecule has 1 saturated heterocycles. The van der Waals surface area contributed by atoms with Crippen molar-refractivity contribution >= 4 is 15.7 Å². The van der Waals surface area contributed by atoms with Crippen molar-refractivity contribution in [1.82, 2.24) is 14.7 Å². The zero-order valence-electron chi connectivity index (χ0n) is 13.5. The van der Waals surface area contributed by atoms with E-state index in [1.165, 1.54) is 0 Å². The number of carbonyl (C=O) groups is 1. The summed E-state index contributed by atoms with van der Waals surface area (Å²) in [4.78, 5) is 14.2. The zero-order chi connectivity index (χ0) is 16.3. The molecule has 7 heteroatoms. The largest absolute Gasteiger partial charge is 0.337 e. The number of hydrogen-bond donors (Lipinski definition) is 0. The molecule has 0 unspecified atom stereocenters. The first-order valence-corrected chi connectivity index (χ1v) is 9.51. The van der Waals surface area contributed by atoms with E-state index in [9.17, 15) is 13.2 Å².